The van der Waals surface area contributed by atoms with Crippen molar-refractivity contribution in [3.63, 3.8) is 0 Å². The molecule has 1 heterocycles. The predicted molar refractivity (Wildman–Crippen MR) is 96.2 cm³/mol. The van der Waals surface area contributed by atoms with Crippen LogP contribution in [0.3, 0.4) is 0 Å². The Balaban J connectivity index is 1.84. The highest BCUT2D eigenvalue weighted by atomic mass is 16.5. The van der Waals surface area contributed by atoms with E-state index in [2.05, 4.69) is 0 Å². The van der Waals surface area contributed by atoms with Crippen LogP contribution in [-0.2, 0) is 4.79 Å². The molecular weight excluding hydrogens is 350 g/mol. The second-order valence-corrected chi connectivity index (χ2v) is 6.42. The first kappa shape index (κ1) is 18.4. The first-order valence-corrected chi connectivity index (χ1v) is 8.40. The van der Waals surface area contributed by atoms with Crippen molar-refractivity contribution in [2.75, 3.05) is 20.2 Å². The Labute approximate surface area is 155 Å². The molecule has 0 saturated carbocycles. The Morgan fingerprint density at radius 1 is 1.00 bits per heavy atom. The maximum absolute atomic E-state index is 12.8. The van der Waals surface area contributed by atoms with Crippen LogP contribution >= 0.6 is 0 Å². The largest absolute Gasteiger partial charge is 0.497 e. The Morgan fingerprint density at radius 2 is 1.67 bits per heavy atom. The SMILES string of the molecule is COc1cccc([C@@H]2CN(C(=O)c3ccc(C(=O)O)cc3)C[C@H]2C(=O)O)c1. The van der Waals surface area contributed by atoms with Crippen molar-refractivity contribution in [3.8, 4) is 5.75 Å². The number of hydrogen-bond acceptors (Lipinski definition) is 4. The highest BCUT2D eigenvalue weighted by Crippen LogP contribution is 2.35. The first-order chi connectivity index (χ1) is 12.9. The topological polar surface area (TPSA) is 104 Å². The van der Waals surface area contributed by atoms with Gasteiger partial charge in [-0.1, -0.05) is 12.1 Å². The van der Waals surface area contributed by atoms with E-state index in [0.717, 1.165) is 5.56 Å². The lowest BCUT2D eigenvalue weighted by Crippen LogP contribution is -2.29. The summed E-state index contributed by atoms with van der Waals surface area (Å²) in [5.74, 6) is -2.79. The van der Waals surface area contributed by atoms with Crippen LogP contribution in [0.25, 0.3) is 0 Å². The quantitative estimate of drug-likeness (QED) is 0.838. The zero-order valence-electron chi connectivity index (χ0n) is 14.7. The van der Waals surface area contributed by atoms with Gasteiger partial charge < -0.3 is 19.8 Å². The molecule has 0 aromatic heterocycles. The number of amides is 1. The van der Waals surface area contributed by atoms with Gasteiger partial charge in [-0.25, -0.2) is 4.79 Å². The Kier molecular flexibility index (Phi) is 5.12. The zero-order valence-corrected chi connectivity index (χ0v) is 14.7. The second kappa shape index (κ2) is 7.49. The van der Waals surface area contributed by atoms with Crippen LogP contribution in [0.2, 0.25) is 0 Å². The fourth-order valence-electron chi connectivity index (χ4n) is 3.37. The molecule has 27 heavy (non-hydrogen) atoms. The summed E-state index contributed by atoms with van der Waals surface area (Å²) >= 11 is 0. The molecule has 140 valence electrons. The van der Waals surface area contributed by atoms with Gasteiger partial charge in [-0.2, -0.15) is 0 Å². The molecule has 0 bridgehead atoms. The fraction of sp³-hybridized carbons (Fsp3) is 0.250. The van der Waals surface area contributed by atoms with Crippen LogP contribution < -0.4 is 4.74 Å². The van der Waals surface area contributed by atoms with Gasteiger partial charge >= 0.3 is 11.9 Å². The van der Waals surface area contributed by atoms with Crippen molar-refractivity contribution in [2.24, 2.45) is 5.92 Å². The number of nitrogens with zero attached hydrogens (tertiary/aromatic N) is 1. The highest BCUT2D eigenvalue weighted by Gasteiger charge is 2.40. The van der Waals surface area contributed by atoms with E-state index in [1.165, 1.54) is 29.2 Å². The van der Waals surface area contributed by atoms with Crippen LogP contribution in [0.5, 0.6) is 5.75 Å². The van der Waals surface area contributed by atoms with Crippen LogP contribution in [0, 0.1) is 5.92 Å². The molecule has 2 N–H and O–H groups in total. The molecule has 0 unspecified atom stereocenters. The average molecular weight is 369 g/mol. The molecular formula is C20H19NO6. The summed E-state index contributed by atoms with van der Waals surface area (Å²) in [6.45, 7) is 0.361. The molecule has 1 aliphatic rings. The summed E-state index contributed by atoms with van der Waals surface area (Å²) in [6.07, 6.45) is 0. The number of hydrogen-bond donors (Lipinski definition) is 2. The highest BCUT2D eigenvalue weighted by molar-refractivity contribution is 5.96. The van der Waals surface area contributed by atoms with Gasteiger partial charge in [0.1, 0.15) is 5.75 Å². The number of carboxylic acids is 2. The Morgan fingerprint density at radius 3 is 2.26 bits per heavy atom. The predicted octanol–water partition coefficient (Wildman–Crippen LogP) is 2.33. The van der Waals surface area contributed by atoms with Crippen LogP contribution in [0.15, 0.2) is 48.5 Å². The molecule has 1 saturated heterocycles. The number of carbonyl (C=O) groups is 3. The third-order valence-electron chi connectivity index (χ3n) is 4.83. The number of carboxylic acid groups (broad SMARTS) is 2. The average Bonchev–Trinajstić information content (AvgIpc) is 3.13. The molecule has 2 aromatic carbocycles. The van der Waals surface area contributed by atoms with Gasteiger partial charge in [0.25, 0.3) is 5.91 Å². The van der Waals surface area contributed by atoms with E-state index in [9.17, 15) is 19.5 Å². The fourth-order valence-corrected chi connectivity index (χ4v) is 3.37. The maximum Gasteiger partial charge on any atom is 0.335 e. The number of carbonyl (C=O) groups excluding carboxylic acids is 1. The van der Waals surface area contributed by atoms with Crippen molar-refractivity contribution in [1.82, 2.24) is 4.90 Å². The van der Waals surface area contributed by atoms with Gasteiger partial charge in [0, 0.05) is 24.6 Å². The number of aromatic carboxylic acids is 1. The summed E-state index contributed by atoms with van der Waals surface area (Å²) in [4.78, 5) is 36.9. The third kappa shape index (κ3) is 3.76. The summed E-state index contributed by atoms with van der Waals surface area (Å²) in [5, 5.41) is 18.6. The molecule has 1 amide bonds. The summed E-state index contributed by atoms with van der Waals surface area (Å²) < 4.78 is 5.21. The van der Waals surface area contributed by atoms with Crippen molar-refractivity contribution in [3.05, 3.63) is 65.2 Å². The van der Waals surface area contributed by atoms with Crippen LogP contribution in [-0.4, -0.2) is 53.2 Å². The molecule has 7 heteroatoms. The maximum atomic E-state index is 12.8. The van der Waals surface area contributed by atoms with Crippen molar-refractivity contribution in [1.29, 1.82) is 0 Å². The van der Waals surface area contributed by atoms with Gasteiger partial charge in [0.15, 0.2) is 0 Å². The number of benzene rings is 2. The van der Waals surface area contributed by atoms with Gasteiger partial charge in [-0.15, -0.1) is 0 Å². The standard InChI is InChI=1S/C20H19NO6/c1-27-15-4-2-3-14(9-15)16-10-21(11-17(16)20(25)26)18(22)12-5-7-13(8-6-12)19(23)24/h2-9,16-17H,10-11H2,1H3,(H,23,24)(H,25,26)/t16-,17+/m0/s1. The smallest absolute Gasteiger partial charge is 0.335 e. The van der Waals surface area contributed by atoms with Crippen LogP contribution in [0.4, 0.5) is 0 Å². The lowest BCUT2D eigenvalue weighted by molar-refractivity contribution is -0.141. The van der Waals surface area contributed by atoms with E-state index in [1.807, 2.05) is 6.07 Å². The molecule has 0 aliphatic carbocycles. The number of ether oxygens (including phenoxy) is 1. The van der Waals surface area contributed by atoms with E-state index in [1.54, 1.807) is 25.3 Å². The molecule has 2 aromatic rings. The number of methoxy groups -OCH3 is 1. The normalized spacial score (nSPS) is 18.9. The summed E-state index contributed by atoms with van der Waals surface area (Å²) in [7, 11) is 1.54. The lowest BCUT2D eigenvalue weighted by Gasteiger charge is -2.17. The third-order valence-corrected chi connectivity index (χ3v) is 4.83. The van der Waals surface area contributed by atoms with E-state index in [0.29, 0.717) is 11.3 Å². The van der Waals surface area contributed by atoms with E-state index in [-0.39, 0.29) is 30.5 Å². The van der Waals surface area contributed by atoms with E-state index in [4.69, 9.17) is 9.84 Å². The van der Waals surface area contributed by atoms with E-state index >= 15 is 0 Å². The van der Waals surface area contributed by atoms with Gasteiger partial charge in [0.05, 0.1) is 18.6 Å². The monoisotopic (exact) mass is 369 g/mol. The minimum absolute atomic E-state index is 0.0886. The molecule has 7 nitrogen and oxygen atoms in total. The zero-order chi connectivity index (χ0) is 19.6. The Hall–Kier alpha value is -3.35. The number of likely N-dealkylation sites (tertiary alicyclic amines) is 1. The molecule has 1 fully saturated rings. The molecule has 2 atom stereocenters. The van der Waals surface area contributed by atoms with E-state index < -0.39 is 17.9 Å². The number of rotatable bonds is 5. The molecule has 0 spiro atoms. The van der Waals surface area contributed by atoms with Gasteiger partial charge in [-0.05, 0) is 42.0 Å². The minimum Gasteiger partial charge on any atom is -0.497 e. The number of aliphatic carboxylic acids is 1. The van der Waals surface area contributed by atoms with Crippen molar-refractivity contribution in [2.45, 2.75) is 5.92 Å². The first-order valence-electron chi connectivity index (χ1n) is 8.40. The van der Waals surface area contributed by atoms with Crippen molar-refractivity contribution < 1.29 is 29.3 Å². The molecule has 1 aliphatic heterocycles. The Bertz CT molecular complexity index is 876. The molecule has 0 radical (unpaired) electrons. The molecule has 3 rings (SSSR count). The summed E-state index contributed by atoms with van der Waals surface area (Å²) in [5.41, 5.74) is 1.22. The minimum atomic E-state index is -1.07. The second-order valence-electron chi connectivity index (χ2n) is 6.42. The van der Waals surface area contributed by atoms with Gasteiger partial charge in [-0.3, -0.25) is 9.59 Å². The lowest BCUT2D eigenvalue weighted by atomic mass is 9.89. The van der Waals surface area contributed by atoms with Crippen LogP contribution in [0.1, 0.15) is 32.2 Å². The van der Waals surface area contributed by atoms with Crippen molar-refractivity contribution >= 4 is 17.8 Å². The van der Waals surface area contributed by atoms with Gasteiger partial charge in [0.2, 0.25) is 0 Å². The summed E-state index contributed by atoms with van der Waals surface area (Å²) in [6, 6.07) is 12.8.